The van der Waals surface area contributed by atoms with E-state index in [0.29, 0.717) is 37.8 Å². The van der Waals surface area contributed by atoms with Crippen molar-refractivity contribution in [2.24, 2.45) is 0 Å². The van der Waals surface area contributed by atoms with Crippen LogP contribution in [0.25, 0.3) is 0 Å². The number of carbonyl (C=O) groups is 1. The van der Waals surface area contributed by atoms with E-state index in [-0.39, 0.29) is 18.0 Å². The first-order chi connectivity index (χ1) is 12.6. The van der Waals surface area contributed by atoms with Gasteiger partial charge in [-0.05, 0) is 43.5 Å². The molecule has 27 heavy (non-hydrogen) atoms. The van der Waals surface area contributed by atoms with E-state index in [1.165, 1.54) is 0 Å². The molecule has 0 saturated carbocycles. The van der Waals surface area contributed by atoms with Crippen LogP contribution in [0.3, 0.4) is 0 Å². The van der Waals surface area contributed by atoms with Crippen LogP contribution in [0.4, 0.5) is 13.2 Å². The van der Waals surface area contributed by atoms with Crippen LogP contribution in [0, 0.1) is 0 Å². The zero-order valence-electron chi connectivity index (χ0n) is 14.9. The number of hydrogen-bond donors (Lipinski definition) is 2. The van der Waals surface area contributed by atoms with Crippen LogP contribution in [0.15, 0.2) is 29.2 Å². The lowest BCUT2D eigenvalue weighted by Gasteiger charge is -2.33. The number of nitrogens with one attached hydrogen (secondary N) is 1. The standard InChI is InChI=1S/C17H23F3N2O4S/c1-2-13(23)11-21-16(24)15-5-3-4-10-22(15)27(25,26)14-8-6-12(7-9-14)17(18,19)20/h6-9,13,15,23H,2-5,10-11H2,1H3,(H,21,24). The Morgan fingerprint density at radius 1 is 1.30 bits per heavy atom. The van der Waals surface area contributed by atoms with Gasteiger partial charge in [0.2, 0.25) is 15.9 Å². The second kappa shape index (κ2) is 8.57. The molecule has 6 nitrogen and oxygen atoms in total. The lowest BCUT2D eigenvalue weighted by atomic mass is 10.0. The summed E-state index contributed by atoms with van der Waals surface area (Å²) in [7, 11) is -4.12. The smallest absolute Gasteiger partial charge is 0.391 e. The monoisotopic (exact) mass is 408 g/mol. The predicted octanol–water partition coefficient (Wildman–Crippen LogP) is 2.14. The Morgan fingerprint density at radius 3 is 2.48 bits per heavy atom. The third kappa shape index (κ3) is 5.20. The van der Waals surface area contributed by atoms with Crippen molar-refractivity contribution in [1.29, 1.82) is 0 Å². The molecule has 0 aliphatic carbocycles. The zero-order valence-corrected chi connectivity index (χ0v) is 15.7. The first-order valence-electron chi connectivity index (χ1n) is 8.72. The summed E-state index contributed by atoms with van der Waals surface area (Å²) in [5.41, 5.74) is -0.942. The van der Waals surface area contributed by atoms with Crippen LogP contribution in [0.2, 0.25) is 0 Å². The van der Waals surface area contributed by atoms with Gasteiger partial charge in [0.1, 0.15) is 6.04 Å². The van der Waals surface area contributed by atoms with Crippen LogP contribution in [-0.4, -0.2) is 49.0 Å². The number of hydrogen-bond acceptors (Lipinski definition) is 4. The van der Waals surface area contributed by atoms with E-state index < -0.39 is 39.8 Å². The molecular formula is C17H23F3N2O4S. The number of nitrogens with zero attached hydrogens (tertiary/aromatic N) is 1. The highest BCUT2D eigenvalue weighted by Crippen LogP contribution is 2.31. The summed E-state index contributed by atoms with van der Waals surface area (Å²) in [4.78, 5) is 12.1. The summed E-state index contributed by atoms with van der Waals surface area (Å²) in [6, 6.07) is 2.29. The van der Waals surface area contributed by atoms with Gasteiger partial charge in [-0.1, -0.05) is 13.3 Å². The average Bonchev–Trinajstić information content (AvgIpc) is 2.65. The summed E-state index contributed by atoms with van der Waals surface area (Å²) >= 11 is 0. The molecule has 1 aromatic carbocycles. The largest absolute Gasteiger partial charge is 0.416 e. The van der Waals surface area contributed by atoms with Crippen LogP contribution in [0.1, 0.15) is 38.2 Å². The van der Waals surface area contributed by atoms with Gasteiger partial charge in [-0.15, -0.1) is 0 Å². The van der Waals surface area contributed by atoms with Crippen LogP contribution in [-0.2, 0) is 21.0 Å². The fourth-order valence-electron chi connectivity index (χ4n) is 2.89. The second-order valence-corrected chi connectivity index (χ2v) is 8.35. The fourth-order valence-corrected chi connectivity index (χ4v) is 4.54. The lowest BCUT2D eigenvalue weighted by molar-refractivity contribution is -0.137. The number of rotatable bonds is 6. The minimum Gasteiger partial charge on any atom is -0.391 e. The van der Waals surface area contributed by atoms with Gasteiger partial charge in [-0.2, -0.15) is 17.5 Å². The van der Waals surface area contributed by atoms with Gasteiger partial charge in [-0.25, -0.2) is 8.42 Å². The molecule has 0 radical (unpaired) electrons. The highest BCUT2D eigenvalue weighted by Gasteiger charge is 2.38. The Kier molecular flexibility index (Phi) is 6.87. The number of sulfonamides is 1. The van der Waals surface area contributed by atoms with Crippen molar-refractivity contribution in [3.05, 3.63) is 29.8 Å². The van der Waals surface area contributed by atoms with E-state index in [1.54, 1.807) is 6.92 Å². The highest BCUT2D eigenvalue weighted by atomic mass is 32.2. The molecular weight excluding hydrogens is 385 g/mol. The number of halogens is 3. The van der Waals surface area contributed by atoms with Crippen LogP contribution < -0.4 is 5.32 Å². The Hall–Kier alpha value is -1.65. The minimum absolute atomic E-state index is 0.0139. The molecule has 2 atom stereocenters. The molecule has 10 heteroatoms. The maximum Gasteiger partial charge on any atom is 0.416 e. The predicted molar refractivity (Wildman–Crippen MR) is 92.3 cm³/mol. The van der Waals surface area contributed by atoms with Gasteiger partial charge in [0.15, 0.2) is 0 Å². The van der Waals surface area contributed by atoms with E-state index in [4.69, 9.17) is 0 Å². The van der Waals surface area contributed by atoms with Crippen LogP contribution in [0.5, 0.6) is 0 Å². The number of alkyl halides is 3. The molecule has 0 bridgehead atoms. The molecule has 152 valence electrons. The highest BCUT2D eigenvalue weighted by molar-refractivity contribution is 7.89. The molecule has 1 saturated heterocycles. The normalized spacial score (nSPS) is 20.3. The van der Waals surface area contributed by atoms with E-state index in [1.807, 2.05) is 0 Å². The van der Waals surface area contributed by atoms with Crippen molar-refractivity contribution >= 4 is 15.9 Å². The minimum atomic E-state index is -4.56. The van der Waals surface area contributed by atoms with Crippen molar-refractivity contribution in [3.63, 3.8) is 0 Å². The van der Waals surface area contributed by atoms with Gasteiger partial charge in [-0.3, -0.25) is 4.79 Å². The first-order valence-corrected chi connectivity index (χ1v) is 10.2. The summed E-state index contributed by atoms with van der Waals surface area (Å²) in [6.07, 6.45) is -3.31. The Bertz CT molecular complexity index is 750. The maximum absolute atomic E-state index is 12.9. The lowest BCUT2D eigenvalue weighted by Crippen LogP contribution is -2.52. The number of benzene rings is 1. The number of aliphatic hydroxyl groups excluding tert-OH is 1. The zero-order chi connectivity index (χ0) is 20.2. The van der Waals surface area contributed by atoms with Gasteiger partial charge >= 0.3 is 6.18 Å². The molecule has 2 rings (SSSR count). The molecule has 1 aromatic rings. The summed E-state index contributed by atoms with van der Waals surface area (Å²) in [6.45, 7) is 1.87. The number of aliphatic hydroxyl groups is 1. The SMILES string of the molecule is CCC(O)CNC(=O)C1CCCCN1S(=O)(=O)c1ccc(C(F)(F)F)cc1. The Balaban J connectivity index is 2.22. The molecule has 2 unspecified atom stereocenters. The first kappa shape index (κ1) is 21.6. The third-order valence-corrected chi connectivity index (χ3v) is 6.45. The molecule has 0 spiro atoms. The topological polar surface area (TPSA) is 86.7 Å². The molecule has 1 aliphatic heterocycles. The Morgan fingerprint density at radius 2 is 1.93 bits per heavy atom. The second-order valence-electron chi connectivity index (χ2n) is 6.46. The third-order valence-electron chi connectivity index (χ3n) is 4.53. The van der Waals surface area contributed by atoms with Gasteiger partial charge < -0.3 is 10.4 Å². The van der Waals surface area contributed by atoms with Gasteiger partial charge in [0, 0.05) is 13.1 Å². The Labute approximate surface area is 156 Å². The van der Waals surface area contributed by atoms with E-state index in [0.717, 1.165) is 16.4 Å². The average molecular weight is 408 g/mol. The molecule has 0 aromatic heterocycles. The van der Waals surface area contributed by atoms with E-state index in [2.05, 4.69) is 5.32 Å². The van der Waals surface area contributed by atoms with Crippen molar-refractivity contribution in [2.75, 3.05) is 13.1 Å². The number of amides is 1. The quantitative estimate of drug-likeness (QED) is 0.755. The van der Waals surface area contributed by atoms with E-state index >= 15 is 0 Å². The summed E-state index contributed by atoms with van der Waals surface area (Å²) in [5, 5.41) is 12.1. The molecule has 1 amide bonds. The van der Waals surface area contributed by atoms with Gasteiger partial charge in [0.05, 0.1) is 16.6 Å². The maximum atomic E-state index is 12.9. The molecule has 2 N–H and O–H groups in total. The van der Waals surface area contributed by atoms with E-state index in [9.17, 15) is 31.5 Å². The number of carbonyl (C=O) groups excluding carboxylic acids is 1. The van der Waals surface area contributed by atoms with Crippen molar-refractivity contribution in [3.8, 4) is 0 Å². The van der Waals surface area contributed by atoms with Crippen molar-refractivity contribution in [1.82, 2.24) is 9.62 Å². The molecule has 1 aliphatic rings. The fraction of sp³-hybridized carbons (Fsp3) is 0.588. The number of piperidine rings is 1. The van der Waals surface area contributed by atoms with Crippen molar-refractivity contribution < 1.29 is 31.5 Å². The van der Waals surface area contributed by atoms with Crippen LogP contribution >= 0.6 is 0 Å². The summed E-state index contributed by atoms with van der Waals surface area (Å²) < 4.78 is 64.8. The molecule has 1 fully saturated rings. The van der Waals surface area contributed by atoms with Crippen molar-refractivity contribution in [2.45, 2.75) is 55.8 Å². The van der Waals surface area contributed by atoms with Gasteiger partial charge in [0.25, 0.3) is 0 Å². The summed E-state index contributed by atoms with van der Waals surface area (Å²) in [5.74, 6) is -0.516. The molecule has 1 heterocycles.